The van der Waals surface area contributed by atoms with Crippen molar-refractivity contribution in [3.8, 4) is 0 Å². The van der Waals surface area contributed by atoms with E-state index in [-0.39, 0.29) is 11.9 Å². The van der Waals surface area contributed by atoms with Crippen LogP contribution < -0.4 is 15.2 Å². The Morgan fingerprint density at radius 3 is 2.69 bits per heavy atom. The van der Waals surface area contributed by atoms with Crippen molar-refractivity contribution in [3.05, 3.63) is 0 Å². The van der Waals surface area contributed by atoms with Gasteiger partial charge in [-0.15, -0.1) is 0 Å². The molecule has 5 N–H and O–H groups in total. The first-order valence-electron chi connectivity index (χ1n) is 5.27. The van der Waals surface area contributed by atoms with Gasteiger partial charge in [-0.1, -0.05) is 5.16 Å². The average molecular weight is 250 g/mol. The summed E-state index contributed by atoms with van der Waals surface area (Å²) in [7, 11) is -3.34. The molecule has 1 aliphatic carbocycles. The molecule has 0 aromatic heterocycles. The molecule has 1 fully saturated rings. The van der Waals surface area contributed by atoms with Crippen molar-refractivity contribution in [1.29, 1.82) is 0 Å². The summed E-state index contributed by atoms with van der Waals surface area (Å²) in [5.41, 5.74) is 5.26. The molecule has 16 heavy (non-hydrogen) atoms. The Balaban J connectivity index is 2.05. The molecule has 0 heterocycles. The summed E-state index contributed by atoms with van der Waals surface area (Å²) in [6.07, 6.45) is 3.65. The number of amidine groups is 1. The molecule has 1 saturated carbocycles. The van der Waals surface area contributed by atoms with Crippen LogP contribution in [0.25, 0.3) is 0 Å². The second-order valence-electron chi connectivity index (χ2n) is 3.84. The molecule has 1 aliphatic rings. The molecule has 0 spiro atoms. The lowest BCUT2D eigenvalue weighted by molar-refractivity contribution is 0.316. The predicted molar refractivity (Wildman–Crippen MR) is 60.3 cm³/mol. The highest BCUT2D eigenvalue weighted by atomic mass is 32.2. The first-order valence-corrected chi connectivity index (χ1v) is 6.75. The Hall–Kier alpha value is -0.860. The zero-order valence-electron chi connectivity index (χ0n) is 9.02. The minimum absolute atomic E-state index is 0.120. The van der Waals surface area contributed by atoms with Gasteiger partial charge in [0.1, 0.15) is 5.84 Å². The van der Waals surface area contributed by atoms with Crippen molar-refractivity contribution in [1.82, 2.24) is 9.44 Å². The molecule has 0 radical (unpaired) electrons. The van der Waals surface area contributed by atoms with Crippen LogP contribution in [0.3, 0.4) is 0 Å². The Bertz CT molecular complexity index is 337. The molecule has 0 aromatic carbocycles. The molecule has 0 bridgehead atoms. The van der Waals surface area contributed by atoms with Crippen molar-refractivity contribution in [2.24, 2.45) is 10.9 Å². The van der Waals surface area contributed by atoms with Crippen LogP contribution >= 0.6 is 0 Å². The Morgan fingerprint density at radius 2 is 2.12 bits per heavy atom. The molecule has 0 unspecified atom stereocenters. The number of nitrogens with two attached hydrogens (primary N) is 1. The van der Waals surface area contributed by atoms with E-state index in [4.69, 9.17) is 10.9 Å². The molecule has 0 aliphatic heterocycles. The van der Waals surface area contributed by atoms with E-state index in [1.54, 1.807) is 0 Å². The van der Waals surface area contributed by atoms with E-state index >= 15 is 0 Å². The van der Waals surface area contributed by atoms with Crippen LogP contribution in [0.2, 0.25) is 0 Å². The molecule has 7 nitrogen and oxygen atoms in total. The lowest BCUT2D eigenvalue weighted by Crippen LogP contribution is -2.38. The zero-order valence-corrected chi connectivity index (χ0v) is 9.83. The van der Waals surface area contributed by atoms with Gasteiger partial charge >= 0.3 is 0 Å². The summed E-state index contributed by atoms with van der Waals surface area (Å²) >= 11 is 0. The second-order valence-corrected chi connectivity index (χ2v) is 5.37. The maximum Gasteiger partial charge on any atom is 0.277 e. The minimum atomic E-state index is -3.34. The highest BCUT2D eigenvalue weighted by Crippen LogP contribution is 2.19. The molecular formula is C8H18N4O3S. The lowest BCUT2D eigenvalue weighted by Gasteiger charge is -2.06. The van der Waals surface area contributed by atoms with Crippen LogP contribution in [0, 0.1) is 0 Å². The molecule has 0 atom stereocenters. The van der Waals surface area contributed by atoms with Crippen molar-refractivity contribution >= 4 is 16.0 Å². The van der Waals surface area contributed by atoms with Crippen LogP contribution in [-0.2, 0) is 10.2 Å². The van der Waals surface area contributed by atoms with Crippen LogP contribution in [0.1, 0.15) is 32.1 Å². The van der Waals surface area contributed by atoms with Crippen molar-refractivity contribution in [2.45, 2.75) is 38.1 Å². The van der Waals surface area contributed by atoms with Gasteiger partial charge < -0.3 is 10.9 Å². The van der Waals surface area contributed by atoms with E-state index in [0.717, 1.165) is 12.8 Å². The molecule has 0 amide bonds. The third kappa shape index (κ3) is 5.89. The zero-order chi connectivity index (χ0) is 12.0. The quantitative estimate of drug-likeness (QED) is 0.152. The Morgan fingerprint density at radius 1 is 1.44 bits per heavy atom. The average Bonchev–Trinajstić information content (AvgIpc) is 2.99. The van der Waals surface area contributed by atoms with Crippen molar-refractivity contribution in [3.63, 3.8) is 0 Å². The van der Waals surface area contributed by atoms with E-state index < -0.39 is 10.2 Å². The number of oxime groups is 1. The van der Waals surface area contributed by atoms with E-state index in [0.29, 0.717) is 25.8 Å². The summed E-state index contributed by atoms with van der Waals surface area (Å²) in [5.74, 6) is 0.166. The first-order chi connectivity index (χ1) is 7.53. The molecule has 0 saturated heterocycles. The van der Waals surface area contributed by atoms with Gasteiger partial charge in [-0.05, 0) is 25.7 Å². The summed E-state index contributed by atoms with van der Waals surface area (Å²) in [6, 6.07) is 0.120. The molecule has 8 heteroatoms. The number of nitrogens with zero attached hydrogens (tertiary/aromatic N) is 1. The monoisotopic (exact) mass is 250 g/mol. The number of hydrogen-bond donors (Lipinski definition) is 4. The van der Waals surface area contributed by atoms with Gasteiger partial charge in [-0.3, -0.25) is 0 Å². The maximum atomic E-state index is 11.3. The van der Waals surface area contributed by atoms with Crippen molar-refractivity contribution < 1.29 is 13.6 Å². The SMILES string of the molecule is NC(CCCCNS(=O)(=O)NC1CC1)=NO. The van der Waals surface area contributed by atoms with E-state index in [9.17, 15) is 8.42 Å². The lowest BCUT2D eigenvalue weighted by atomic mass is 10.2. The maximum absolute atomic E-state index is 11.3. The van der Waals surface area contributed by atoms with Crippen LogP contribution in [-0.4, -0.2) is 32.0 Å². The Kier molecular flexibility index (Phi) is 4.97. The highest BCUT2D eigenvalue weighted by Gasteiger charge is 2.26. The number of nitrogens with one attached hydrogen (secondary N) is 2. The number of rotatable bonds is 8. The standard InChI is InChI=1S/C8H18N4O3S/c9-8(11-13)3-1-2-6-10-16(14,15)12-7-4-5-7/h7,10,12-13H,1-6H2,(H2,9,11). The van der Waals surface area contributed by atoms with Gasteiger partial charge in [0, 0.05) is 19.0 Å². The molecule has 0 aromatic rings. The molecule has 1 rings (SSSR count). The van der Waals surface area contributed by atoms with E-state index in [2.05, 4.69) is 14.6 Å². The number of hydrogen-bond acceptors (Lipinski definition) is 4. The van der Waals surface area contributed by atoms with Crippen LogP contribution in [0.4, 0.5) is 0 Å². The minimum Gasteiger partial charge on any atom is -0.409 e. The fraction of sp³-hybridized carbons (Fsp3) is 0.875. The fourth-order valence-electron chi connectivity index (χ4n) is 1.15. The summed E-state index contributed by atoms with van der Waals surface area (Å²) in [4.78, 5) is 0. The van der Waals surface area contributed by atoms with Gasteiger partial charge in [-0.2, -0.15) is 13.1 Å². The third-order valence-electron chi connectivity index (χ3n) is 2.18. The van der Waals surface area contributed by atoms with E-state index in [1.807, 2.05) is 0 Å². The van der Waals surface area contributed by atoms with Gasteiger partial charge in [0.25, 0.3) is 10.2 Å². The molecule has 94 valence electrons. The van der Waals surface area contributed by atoms with Gasteiger partial charge in [0.05, 0.1) is 0 Å². The van der Waals surface area contributed by atoms with Gasteiger partial charge in [0.15, 0.2) is 0 Å². The normalized spacial score (nSPS) is 17.6. The summed E-state index contributed by atoms with van der Waals surface area (Å²) < 4.78 is 27.6. The van der Waals surface area contributed by atoms with Crippen LogP contribution in [0.15, 0.2) is 5.16 Å². The fourth-order valence-corrected chi connectivity index (χ4v) is 2.32. The topological polar surface area (TPSA) is 117 Å². The summed E-state index contributed by atoms with van der Waals surface area (Å²) in [6.45, 7) is 0.362. The largest absolute Gasteiger partial charge is 0.409 e. The molecular weight excluding hydrogens is 232 g/mol. The Labute approximate surface area is 95.3 Å². The number of unbranched alkanes of at least 4 members (excludes halogenated alkanes) is 1. The predicted octanol–water partition coefficient (Wildman–Crippen LogP) is -0.510. The second kappa shape index (κ2) is 6.02. The third-order valence-corrected chi connectivity index (χ3v) is 3.41. The highest BCUT2D eigenvalue weighted by molar-refractivity contribution is 7.87. The van der Waals surface area contributed by atoms with Gasteiger partial charge in [-0.25, -0.2) is 4.72 Å². The summed E-state index contributed by atoms with van der Waals surface area (Å²) in [5, 5.41) is 11.1. The van der Waals surface area contributed by atoms with Crippen molar-refractivity contribution in [2.75, 3.05) is 6.54 Å². The smallest absolute Gasteiger partial charge is 0.277 e. The van der Waals surface area contributed by atoms with Crippen LogP contribution in [0.5, 0.6) is 0 Å². The van der Waals surface area contributed by atoms with Gasteiger partial charge in [0.2, 0.25) is 0 Å². The van der Waals surface area contributed by atoms with E-state index in [1.165, 1.54) is 0 Å². The first kappa shape index (κ1) is 13.2.